The van der Waals surface area contributed by atoms with Crippen LogP contribution in [-0.4, -0.2) is 17.5 Å². The van der Waals surface area contributed by atoms with E-state index in [1.54, 1.807) is 19.1 Å². The Bertz CT molecular complexity index is 289. The molecule has 0 aliphatic rings. The fourth-order valence-corrected chi connectivity index (χ4v) is 0.965. The number of aryl methyl sites for hydroxylation is 1. The molecule has 0 heterocycles. The summed E-state index contributed by atoms with van der Waals surface area (Å²) in [6.07, 6.45) is 0. The Kier molecular flexibility index (Phi) is 3.36. The maximum atomic E-state index is 12.8. The molecule has 0 radical (unpaired) electrons. The van der Waals surface area contributed by atoms with Crippen LogP contribution >= 0.6 is 0 Å². The summed E-state index contributed by atoms with van der Waals surface area (Å²) in [5, 5.41) is 9.30. The lowest BCUT2D eigenvalue weighted by Gasteiger charge is -2.08. The molecule has 0 saturated heterocycles. The predicted octanol–water partition coefficient (Wildman–Crippen LogP) is 1.89. The maximum absolute atomic E-state index is 12.8. The first-order chi connectivity index (χ1) is 6.09. The highest BCUT2D eigenvalue weighted by molar-refractivity contribution is 5.23. The van der Waals surface area contributed by atoms with Crippen molar-refractivity contribution in [1.82, 2.24) is 5.23 Å². The molecule has 0 fully saturated rings. The zero-order valence-corrected chi connectivity index (χ0v) is 7.62. The highest BCUT2D eigenvalue weighted by Crippen LogP contribution is 2.10. The van der Waals surface area contributed by atoms with E-state index in [0.717, 1.165) is 5.56 Å². The van der Waals surface area contributed by atoms with Gasteiger partial charge in [0.15, 0.2) is 0 Å². The Labute approximate surface area is 76.3 Å². The zero-order valence-electron chi connectivity index (χ0n) is 7.62. The first-order valence-corrected chi connectivity index (χ1v) is 3.90. The first-order valence-electron chi connectivity index (χ1n) is 3.90. The summed E-state index contributed by atoms with van der Waals surface area (Å²) < 4.78 is 12.8. The third-order valence-corrected chi connectivity index (χ3v) is 1.64. The molecule has 0 atom stereocenters. The van der Waals surface area contributed by atoms with E-state index >= 15 is 0 Å². The summed E-state index contributed by atoms with van der Waals surface area (Å²) in [7, 11) is 1.37. The van der Waals surface area contributed by atoms with E-state index < -0.39 is 0 Å². The quantitative estimate of drug-likeness (QED) is 0.730. The molecule has 3 nitrogen and oxygen atoms in total. The largest absolute Gasteiger partial charge is 0.290 e. The summed E-state index contributed by atoms with van der Waals surface area (Å²) in [6.45, 7) is 1.91. The Balaban J connectivity index is 2.63. The third kappa shape index (κ3) is 3.10. The van der Waals surface area contributed by atoms with Crippen LogP contribution in [0.2, 0.25) is 0 Å². The van der Waals surface area contributed by atoms with Gasteiger partial charge in [-0.1, -0.05) is 17.4 Å². The molecule has 0 spiro atoms. The molecule has 0 unspecified atom stereocenters. The molecular weight excluding hydrogens is 173 g/mol. The fraction of sp³-hybridized carbons (Fsp3) is 0.333. The molecule has 13 heavy (non-hydrogen) atoms. The van der Waals surface area contributed by atoms with Gasteiger partial charge in [-0.05, 0) is 24.1 Å². The summed E-state index contributed by atoms with van der Waals surface area (Å²) in [6, 6.07) is 4.68. The lowest BCUT2D eigenvalue weighted by atomic mass is 10.1. The molecule has 0 aliphatic carbocycles. The van der Waals surface area contributed by atoms with E-state index in [1.807, 2.05) is 0 Å². The van der Waals surface area contributed by atoms with Gasteiger partial charge >= 0.3 is 0 Å². The normalized spacial score (nSPS) is 10.8. The van der Waals surface area contributed by atoms with E-state index in [4.69, 9.17) is 10.0 Å². The van der Waals surface area contributed by atoms with Gasteiger partial charge in [-0.3, -0.25) is 10.0 Å². The molecule has 1 aromatic carbocycles. The molecule has 4 heteroatoms. The van der Waals surface area contributed by atoms with Crippen molar-refractivity contribution >= 4 is 0 Å². The van der Waals surface area contributed by atoms with E-state index in [2.05, 4.69) is 0 Å². The third-order valence-electron chi connectivity index (χ3n) is 1.64. The molecule has 0 amide bonds. The summed E-state index contributed by atoms with van der Waals surface area (Å²) in [4.78, 5) is 4.79. The number of hydrogen-bond acceptors (Lipinski definition) is 3. The summed E-state index contributed by atoms with van der Waals surface area (Å²) in [5.41, 5.74) is 1.39. The lowest BCUT2D eigenvalue weighted by molar-refractivity contribution is -0.330. The van der Waals surface area contributed by atoms with Crippen molar-refractivity contribution in [3.8, 4) is 0 Å². The van der Waals surface area contributed by atoms with Crippen LogP contribution in [0.15, 0.2) is 18.2 Å². The lowest BCUT2D eigenvalue weighted by Crippen LogP contribution is -2.12. The average Bonchev–Trinajstić information content (AvgIpc) is 2.07. The Morgan fingerprint density at radius 3 is 2.77 bits per heavy atom. The predicted molar refractivity (Wildman–Crippen MR) is 45.5 cm³/mol. The molecule has 1 aromatic rings. The molecule has 1 N–H and O–H groups in total. The number of benzene rings is 1. The number of nitrogens with zero attached hydrogens (tertiary/aromatic N) is 1. The molecular formula is C9H12FNO2. The highest BCUT2D eigenvalue weighted by atomic mass is 19.1. The van der Waals surface area contributed by atoms with Crippen LogP contribution in [0.4, 0.5) is 4.39 Å². The first kappa shape index (κ1) is 10.1. The van der Waals surface area contributed by atoms with Gasteiger partial charge in [-0.25, -0.2) is 4.39 Å². The van der Waals surface area contributed by atoms with Gasteiger partial charge in [0, 0.05) is 7.05 Å². The standard InChI is InChI=1S/C9H12FNO2/c1-7-5-8(3-4-9(7)10)6-13-11(2)12/h3-5,12H,6H2,1-2H3. The number of halogens is 1. The van der Waals surface area contributed by atoms with Crippen molar-refractivity contribution in [2.45, 2.75) is 13.5 Å². The Morgan fingerprint density at radius 1 is 1.54 bits per heavy atom. The van der Waals surface area contributed by atoms with Crippen LogP contribution in [0.1, 0.15) is 11.1 Å². The average molecular weight is 185 g/mol. The molecule has 1 rings (SSSR count). The molecule has 0 aliphatic heterocycles. The number of rotatable bonds is 3. The number of hydrogen-bond donors (Lipinski definition) is 1. The van der Waals surface area contributed by atoms with Crippen LogP contribution < -0.4 is 0 Å². The van der Waals surface area contributed by atoms with Gasteiger partial charge in [0.05, 0.1) is 6.61 Å². The maximum Gasteiger partial charge on any atom is 0.126 e. The van der Waals surface area contributed by atoms with Gasteiger partial charge in [0.25, 0.3) is 0 Å². The zero-order chi connectivity index (χ0) is 9.84. The van der Waals surface area contributed by atoms with Gasteiger partial charge in [-0.2, -0.15) is 0 Å². The molecule has 0 bridgehead atoms. The van der Waals surface area contributed by atoms with Crippen LogP contribution in [0.25, 0.3) is 0 Å². The van der Waals surface area contributed by atoms with Gasteiger partial charge in [0.1, 0.15) is 5.82 Å². The minimum absolute atomic E-state index is 0.230. The highest BCUT2D eigenvalue weighted by Gasteiger charge is 2.00. The van der Waals surface area contributed by atoms with Crippen LogP contribution in [0.3, 0.4) is 0 Å². The van der Waals surface area contributed by atoms with Crippen LogP contribution in [-0.2, 0) is 11.4 Å². The van der Waals surface area contributed by atoms with Crippen molar-refractivity contribution in [3.05, 3.63) is 35.1 Å². The van der Waals surface area contributed by atoms with Crippen molar-refractivity contribution < 1.29 is 14.4 Å². The van der Waals surface area contributed by atoms with Crippen molar-refractivity contribution in [3.63, 3.8) is 0 Å². The number of hydroxylamine groups is 2. The Hall–Kier alpha value is -0.970. The van der Waals surface area contributed by atoms with Crippen LogP contribution in [0.5, 0.6) is 0 Å². The fourth-order valence-electron chi connectivity index (χ4n) is 0.965. The van der Waals surface area contributed by atoms with E-state index in [0.29, 0.717) is 10.8 Å². The summed E-state index contributed by atoms with van der Waals surface area (Å²) in [5.74, 6) is -0.235. The molecule has 72 valence electrons. The van der Waals surface area contributed by atoms with E-state index in [-0.39, 0.29) is 12.4 Å². The van der Waals surface area contributed by atoms with E-state index in [9.17, 15) is 4.39 Å². The van der Waals surface area contributed by atoms with Gasteiger partial charge < -0.3 is 0 Å². The van der Waals surface area contributed by atoms with Crippen molar-refractivity contribution in [2.24, 2.45) is 0 Å². The Morgan fingerprint density at radius 2 is 2.23 bits per heavy atom. The second-order valence-electron chi connectivity index (χ2n) is 2.82. The second-order valence-corrected chi connectivity index (χ2v) is 2.82. The molecule has 0 saturated carbocycles. The van der Waals surface area contributed by atoms with E-state index in [1.165, 1.54) is 13.1 Å². The minimum Gasteiger partial charge on any atom is -0.290 e. The molecule has 0 aromatic heterocycles. The smallest absolute Gasteiger partial charge is 0.126 e. The SMILES string of the molecule is Cc1cc(CON(C)O)ccc1F. The van der Waals surface area contributed by atoms with Gasteiger partial charge in [-0.15, -0.1) is 0 Å². The van der Waals surface area contributed by atoms with Crippen molar-refractivity contribution in [1.29, 1.82) is 0 Å². The second kappa shape index (κ2) is 4.32. The topological polar surface area (TPSA) is 32.7 Å². The minimum atomic E-state index is -0.235. The monoisotopic (exact) mass is 185 g/mol. The van der Waals surface area contributed by atoms with Crippen LogP contribution in [0, 0.1) is 12.7 Å². The van der Waals surface area contributed by atoms with Crippen molar-refractivity contribution in [2.75, 3.05) is 7.05 Å². The summed E-state index contributed by atoms with van der Waals surface area (Å²) >= 11 is 0. The van der Waals surface area contributed by atoms with Gasteiger partial charge in [0.2, 0.25) is 0 Å².